The van der Waals surface area contributed by atoms with Gasteiger partial charge in [-0.15, -0.1) is 0 Å². The second-order valence-corrected chi connectivity index (χ2v) is 5.97. The largest absolute Gasteiger partial charge is 0.352 e. The molecule has 1 amide bonds. The van der Waals surface area contributed by atoms with E-state index in [0.717, 1.165) is 18.5 Å². The number of hydrogen-bond acceptors (Lipinski definition) is 2. The smallest absolute Gasteiger partial charge is 0.251 e. The van der Waals surface area contributed by atoms with Crippen LogP contribution in [0.1, 0.15) is 43.1 Å². The lowest BCUT2D eigenvalue weighted by Crippen LogP contribution is -2.33. The SMILES string of the molecule is Cc1cc(C(=O)NCCCNC(C)C(C)C)ccc1Cl. The summed E-state index contributed by atoms with van der Waals surface area (Å²) in [4.78, 5) is 11.9. The van der Waals surface area contributed by atoms with Crippen molar-refractivity contribution >= 4 is 17.5 Å². The lowest BCUT2D eigenvalue weighted by Gasteiger charge is -2.17. The average molecular weight is 297 g/mol. The van der Waals surface area contributed by atoms with E-state index in [1.807, 2.05) is 13.0 Å². The molecule has 0 aliphatic carbocycles. The molecule has 1 aromatic rings. The molecule has 0 bridgehead atoms. The van der Waals surface area contributed by atoms with Crippen molar-refractivity contribution < 1.29 is 4.79 Å². The maximum absolute atomic E-state index is 11.9. The highest BCUT2D eigenvalue weighted by atomic mass is 35.5. The van der Waals surface area contributed by atoms with Crippen LogP contribution in [0.3, 0.4) is 0 Å². The van der Waals surface area contributed by atoms with Crippen LogP contribution in [0.2, 0.25) is 5.02 Å². The highest BCUT2D eigenvalue weighted by molar-refractivity contribution is 6.31. The van der Waals surface area contributed by atoms with E-state index in [1.54, 1.807) is 12.1 Å². The molecule has 1 unspecified atom stereocenters. The molecule has 0 saturated carbocycles. The van der Waals surface area contributed by atoms with Gasteiger partial charge in [0, 0.05) is 23.2 Å². The van der Waals surface area contributed by atoms with Crippen LogP contribution in [0.25, 0.3) is 0 Å². The molecule has 2 N–H and O–H groups in total. The number of rotatable bonds is 7. The van der Waals surface area contributed by atoms with Crippen LogP contribution in [-0.2, 0) is 0 Å². The summed E-state index contributed by atoms with van der Waals surface area (Å²) in [5.41, 5.74) is 1.59. The summed E-state index contributed by atoms with van der Waals surface area (Å²) < 4.78 is 0. The summed E-state index contributed by atoms with van der Waals surface area (Å²) in [6.45, 7) is 10.1. The predicted octanol–water partition coefficient (Wildman–Crippen LogP) is 3.40. The second-order valence-electron chi connectivity index (χ2n) is 5.56. The van der Waals surface area contributed by atoms with Gasteiger partial charge in [0.05, 0.1) is 0 Å². The van der Waals surface area contributed by atoms with E-state index in [0.29, 0.717) is 29.1 Å². The normalized spacial score (nSPS) is 12.5. The molecule has 0 radical (unpaired) electrons. The second kappa shape index (κ2) is 8.28. The zero-order valence-corrected chi connectivity index (χ0v) is 13.6. The molecule has 1 aromatic carbocycles. The van der Waals surface area contributed by atoms with Gasteiger partial charge in [0.15, 0.2) is 0 Å². The molecule has 0 spiro atoms. The van der Waals surface area contributed by atoms with Crippen LogP contribution in [-0.4, -0.2) is 25.0 Å². The van der Waals surface area contributed by atoms with Crippen LogP contribution in [0.15, 0.2) is 18.2 Å². The fraction of sp³-hybridized carbons (Fsp3) is 0.562. The van der Waals surface area contributed by atoms with Gasteiger partial charge >= 0.3 is 0 Å². The van der Waals surface area contributed by atoms with Gasteiger partial charge in [0.25, 0.3) is 5.91 Å². The number of carbonyl (C=O) groups excluding carboxylic acids is 1. The first-order valence-electron chi connectivity index (χ1n) is 7.19. The summed E-state index contributed by atoms with van der Waals surface area (Å²) in [7, 11) is 0. The van der Waals surface area contributed by atoms with Gasteiger partial charge in [-0.2, -0.15) is 0 Å². The molecule has 0 aliphatic rings. The van der Waals surface area contributed by atoms with Gasteiger partial charge in [0.2, 0.25) is 0 Å². The molecule has 0 saturated heterocycles. The molecule has 112 valence electrons. The zero-order valence-electron chi connectivity index (χ0n) is 12.8. The third kappa shape index (κ3) is 5.51. The van der Waals surface area contributed by atoms with Crippen molar-refractivity contribution in [3.8, 4) is 0 Å². The molecule has 0 aliphatic heterocycles. The Hall–Kier alpha value is -1.06. The number of amides is 1. The van der Waals surface area contributed by atoms with E-state index in [2.05, 4.69) is 31.4 Å². The summed E-state index contributed by atoms with van der Waals surface area (Å²) in [5, 5.41) is 7.06. The number of carbonyl (C=O) groups is 1. The molecule has 20 heavy (non-hydrogen) atoms. The molecule has 1 atom stereocenters. The van der Waals surface area contributed by atoms with Crippen molar-refractivity contribution in [2.24, 2.45) is 5.92 Å². The fourth-order valence-electron chi connectivity index (χ4n) is 1.74. The first-order valence-corrected chi connectivity index (χ1v) is 7.57. The van der Waals surface area contributed by atoms with Crippen LogP contribution in [0.5, 0.6) is 0 Å². The molecule has 0 heterocycles. The average Bonchev–Trinajstić information content (AvgIpc) is 2.40. The molecule has 4 heteroatoms. The van der Waals surface area contributed by atoms with E-state index >= 15 is 0 Å². The van der Waals surface area contributed by atoms with Crippen LogP contribution < -0.4 is 10.6 Å². The Morgan fingerprint density at radius 1 is 1.25 bits per heavy atom. The Morgan fingerprint density at radius 3 is 2.55 bits per heavy atom. The van der Waals surface area contributed by atoms with Crippen LogP contribution in [0, 0.1) is 12.8 Å². The van der Waals surface area contributed by atoms with Gasteiger partial charge in [-0.1, -0.05) is 25.4 Å². The van der Waals surface area contributed by atoms with Crippen molar-refractivity contribution in [2.45, 2.75) is 40.2 Å². The third-order valence-electron chi connectivity index (χ3n) is 3.53. The Bertz CT molecular complexity index is 446. The summed E-state index contributed by atoms with van der Waals surface area (Å²) in [6, 6.07) is 5.84. The van der Waals surface area contributed by atoms with E-state index in [9.17, 15) is 4.79 Å². The minimum Gasteiger partial charge on any atom is -0.352 e. The van der Waals surface area contributed by atoms with Crippen molar-refractivity contribution in [3.05, 3.63) is 34.3 Å². The number of aryl methyl sites for hydroxylation is 1. The van der Waals surface area contributed by atoms with Crippen molar-refractivity contribution in [3.63, 3.8) is 0 Å². The minimum atomic E-state index is -0.0401. The Morgan fingerprint density at radius 2 is 1.95 bits per heavy atom. The minimum absolute atomic E-state index is 0.0401. The van der Waals surface area contributed by atoms with Crippen LogP contribution >= 0.6 is 11.6 Å². The standard InChI is InChI=1S/C16H25ClN2O/c1-11(2)13(4)18-8-5-9-19-16(20)14-6-7-15(17)12(3)10-14/h6-7,10-11,13,18H,5,8-9H2,1-4H3,(H,19,20). The third-order valence-corrected chi connectivity index (χ3v) is 3.95. The number of hydrogen-bond donors (Lipinski definition) is 2. The van der Waals surface area contributed by atoms with Gasteiger partial charge in [-0.25, -0.2) is 0 Å². The van der Waals surface area contributed by atoms with Gasteiger partial charge in [-0.05, 0) is 56.5 Å². The van der Waals surface area contributed by atoms with Gasteiger partial charge in [0.1, 0.15) is 0 Å². The first-order chi connectivity index (χ1) is 9.41. The Kier molecular flexibility index (Phi) is 7.03. The molecule has 0 aromatic heterocycles. The van der Waals surface area contributed by atoms with Crippen molar-refractivity contribution in [1.29, 1.82) is 0 Å². The summed E-state index contributed by atoms with van der Waals surface area (Å²) >= 11 is 5.95. The van der Waals surface area contributed by atoms with Crippen molar-refractivity contribution in [1.82, 2.24) is 10.6 Å². The van der Waals surface area contributed by atoms with E-state index in [4.69, 9.17) is 11.6 Å². The summed E-state index contributed by atoms with van der Waals surface area (Å²) in [5.74, 6) is 0.586. The van der Waals surface area contributed by atoms with E-state index < -0.39 is 0 Å². The highest BCUT2D eigenvalue weighted by Gasteiger charge is 2.07. The Balaban J connectivity index is 2.28. The van der Waals surface area contributed by atoms with Gasteiger partial charge in [-0.3, -0.25) is 4.79 Å². The topological polar surface area (TPSA) is 41.1 Å². The zero-order chi connectivity index (χ0) is 15.1. The quantitative estimate of drug-likeness (QED) is 0.757. The molecular formula is C16H25ClN2O. The summed E-state index contributed by atoms with van der Waals surface area (Å²) in [6.07, 6.45) is 0.926. The maximum Gasteiger partial charge on any atom is 0.251 e. The van der Waals surface area contributed by atoms with Gasteiger partial charge < -0.3 is 10.6 Å². The predicted molar refractivity (Wildman–Crippen MR) is 85.4 cm³/mol. The molecule has 3 nitrogen and oxygen atoms in total. The maximum atomic E-state index is 11.9. The molecular weight excluding hydrogens is 272 g/mol. The first kappa shape index (κ1) is 17.0. The van der Waals surface area contributed by atoms with E-state index in [1.165, 1.54) is 0 Å². The number of benzene rings is 1. The Labute approximate surface area is 127 Å². The van der Waals surface area contributed by atoms with Crippen molar-refractivity contribution in [2.75, 3.05) is 13.1 Å². The van der Waals surface area contributed by atoms with E-state index in [-0.39, 0.29) is 5.91 Å². The highest BCUT2D eigenvalue weighted by Crippen LogP contribution is 2.16. The number of nitrogens with one attached hydrogen (secondary N) is 2. The monoisotopic (exact) mass is 296 g/mol. The van der Waals surface area contributed by atoms with Crippen LogP contribution in [0.4, 0.5) is 0 Å². The lowest BCUT2D eigenvalue weighted by atomic mass is 10.1. The lowest BCUT2D eigenvalue weighted by molar-refractivity contribution is 0.0953. The fourth-order valence-corrected chi connectivity index (χ4v) is 1.86. The molecule has 0 fully saturated rings. The molecule has 1 rings (SSSR count). The number of halogens is 1.